The highest BCUT2D eigenvalue weighted by Crippen LogP contribution is 2.68. The summed E-state index contributed by atoms with van der Waals surface area (Å²) in [5, 5.41) is 91.1. The van der Waals surface area contributed by atoms with Gasteiger partial charge in [-0.3, -0.25) is 9.59 Å². The van der Waals surface area contributed by atoms with Crippen molar-refractivity contribution in [3.8, 4) is 17.2 Å². The molecule has 6 aliphatic rings. The lowest BCUT2D eigenvalue weighted by Crippen LogP contribution is -2.78. The molecule has 332 valence electrons. The van der Waals surface area contributed by atoms with Gasteiger partial charge in [-0.05, 0) is 46.2 Å². The molecule has 1 aliphatic carbocycles. The number of Topliss-reactive ketones (excluding diaryl/α,β-unsaturated/α-hetero) is 2. The molecule has 8 rings (SSSR count). The number of hydrogen-bond donors (Lipinski definition) is 8. The Morgan fingerprint density at radius 1 is 1.00 bits per heavy atom. The number of aryl methyl sites for hydroxylation is 1. The molecule has 20 nitrogen and oxygen atoms in total. The van der Waals surface area contributed by atoms with Crippen LogP contribution in [0, 0.1) is 6.92 Å². The Labute approximate surface area is 343 Å². The van der Waals surface area contributed by atoms with Crippen LogP contribution in [-0.2, 0) is 42.7 Å². The van der Waals surface area contributed by atoms with Crippen LogP contribution in [0.5, 0.6) is 17.2 Å². The van der Waals surface area contributed by atoms with Crippen molar-refractivity contribution in [2.45, 2.75) is 150 Å². The van der Waals surface area contributed by atoms with Gasteiger partial charge in [0.15, 0.2) is 35.9 Å². The number of ether oxygens (including phenoxy) is 10. The maximum Gasteiger partial charge on any atom is 0.279 e. The van der Waals surface area contributed by atoms with E-state index in [1.54, 1.807) is 19.9 Å². The number of methoxy groups -OCH3 is 3. The minimum atomic E-state index is -2.79. The van der Waals surface area contributed by atoms with E-state index in [1.165, 1.54) is 35.2 Å². The van der Waals surface area contributed by atoms with Crippen LogP contribution >= 0.6 is 0 Å². The first kappa shape index (κ1) is 43.5. The number of aliphatic hydroxyl groups is 7. The average molecular weight is 853 g/mol. The molecule has 8 N–H and O–H groups in total. The number of aliphatic hydroxyl groups excluding tert-OH is 4. The summed E-state index contributed by atoms with van der Waals surface area (Å²) >= 11 is 0. The SMILES string of the molecule is COc1c2c(c(O)c3c4c(c(C)cc13)[C@@H]1O[C@@]3(C(OC)OC)O[C@@H]1[C@@](O[C@H]1C[C@@H](O)[C@@](O)(C(C)=O)[C@H](C)O1)(O4)[C@@]3(O)CO)C(=O)[C@@H](O)C[C@@H]2O[C@H]1C[C@@](C)(O)[C@H](O)[C@H](C)O1. The normalized spacial score (nSPS) is 43.2. The summed E-state index contributed by atoms with van der Waals surface area (Å²) in [7, 11) is 3.80. The van der Waals surface area contributed by atoms with E-state index in [1.807, 2.05) is 0 Å². The van der Waals surface area contributed by atoms with E-state index in [9.17, 15) is 50.4 Å². The molecule has 20 heteroatoms. The third-order valence-electron chi connectivity index (χ3n) is 13.3. The van der Waals surface area contributed by atoms with Gasteiger partial charge in [0.1, 0.15) is 35.6 Å². The van der Waals surface area contributed by atoms with Crippen molar-refractivity contribution in [2.75, 3.05) is 27.9 Å². The number of phenolic OH excluding ortho intramolecular Hbond substituents is 1. The fourth-order valence-corrected chi connectivity index (χ4v) is 10.2. The van der Waals surface area contributed by atoms with E-state index < -0.39 is 132 Å². The molecule has 0 aromatic heterocycles. The topological polar surface area (TPSA) is 288 Å². The number of fused-ring (bicyclic) bond motifs is 6. The van der Waals surface area contributed by atoms with E-state index in [0.29, 0.717) is 5.56 Å². The van der Waals surface area contributed by atoms with E-state index in [-0.39, 0.29) is 46.2 Å². The van der Waals surface area contributed by atoms with Gasteiger partial charge in [0, 0.05) is 50.0 Å². The Morgan fingerprint density at radius 2 is 1.68 bits per heavy atom. The molecule has 5 aliphatic heterocycles. The molecule has 2 bridgehead atoms. The highest BCUT2D eigenvalue weighted by atomic mass is 16.9. The Bertz CT molecular complexity index is 2070. The van der Waals surface area contributed by atoms with Crippen LogP contribution in [0.1, 0.15) is 86.2 Å². The van der Waals surface area contributed by atoms with Crippen molar-refractivity contribution < 1.29 is 97.8 Å². The largest absolute Gasteiger partial charge is 0.506 e. The number of phenols is 1. The number of ketones is 2. The van der Waals surface area contributed by atoms with Gasteiger partial charge in [-0.1, -0.05) is 0 Å². The molecule has 0 radical (unpaired) electrons. The van der Waals surface area contributed by atoms with Gasteiger partial charge >= 0.3 is 0 Å². The average Bonchev–Trinajstić information content (AvgIpc) is 3.68. The van der Waals surface area contributed by atoms with Crippen LogP contribution in [-0.4, -0.2) is 164 Å². The van der Waals surface area contributed by atoms with Crippen molar-refractivity contribution in [2.24, 2.45) is 0 Å². The first-order valence-corrected chi connectivity index (χ1v) is 19.6. The Morgan fingerprint density at radius 3 is 2.27 bits per heavy atom. The number of carbonyl (C=O) groups excluding carboxylic acids is 2. The van der Waals surface area contributed by atoms with Gasteiger partial charge in [-0.25, -0.2) is 0 Å². The van der Waals surface area contributed by atoms with E-state index >= 15 is 0 Å². The molecule has 0 spiro atoms. The Hall–Kier alpha value is -3.16. The Kier molecular flexibility index (Phi) is 10.5. The maximum atomic E-state index is 14.0. The lowest BCUT2D eigenvalue weighted by molar-refractivity contribution is -0.429. The zero-order valence-electron chi connectivity index (χ0n) is 34.2. The summed E-state index contributed by atoms with van der Waals surface area (Å²) in [5.41, 5.74) is -6.39. The van der Waals surface area contributed by atoms with E-state index in [2.05, 4.69) is 0 Å². The molecule has 2 aromatic carbocycles. The van der Waals surface area contributed by atoms with Gasteiger partial charge < -0.3 is 88.2 Å². The summed E-state index contributed by atoms with van der Waals surface area (Å²) in [4.78, 5) is 26.5. The summed E-state index contributed by atoms with van der Waals surface area (Å²) < 4.78 is 61.4. The third-order valence-corrected chi connectivity index (χ3v) is 13.3. The predicted octanol–water partition coefficient (Wildman–Crippen LogP) is -0.456. The van der Waals surface area contributed by atoms with Gasteiger partial charge in [0.25, 0.3) is 11.6 Å². The summed E-state index contributed by atoms with van der Waals surface area (Å²) in [6.07, 6.45) is -16.1. The first-order chi connectivity index (χ1) is 28.1. The molecular formula is C40H52O20. The van der Waals surface area contributed by atoms with Crippen LogP contribution in [0.15, 0.2) is 6.07 Å². The van der Waals surface area contributed by atoms with Crippen molar-refractivity contribution in [1.29, 1.82) is 0 Å². The first-order valence-electron chi connectivity index (χ1n) is 19.6. The predicted molar refractivity (Wildman–Crippen MR) is 198 cm³/mol. The molecule has 15 atom stereocenters. The van der Waals surface area contributed by atoms with E-state index in [0.717, 1.165) is 6.92 Å². The second-order valence-electron chi connectivity index (χ2n) is 16.8. The molecule has 4 fully saturated rings. The zero-order valence-corrected chi connectivity index (χ0v) is 34.2. The Balaban J connectivity index is 1.32. The zero-order chi connectivity index (χ0) is 43.8. The van der Waals surface area contributed by atoms with Crippen LogP contribution in [0.2, 0.25) is 0 Å². The number of rotatable bonds is 10. The minimum absolute atomic E-state index is 0.0178. The monoisotopic (exact) mass is 852 g/mol. The smallest absolute Gasteiger partial charge is 0.279 e. The summed E-state index contributed by atoms with van der Waals surface area (Å²) in [6.45, 7) is 5.89. The molecular weight excluding hydrogens is 800 g/mol. The maximum absolute atomic E-state index is 14.0. The summed E-state index contributed by atoms with van der Waals surface area (Å²) in [5.74, 6) is -7.55. The minimum Gasteiger partial charge on any atom is -0.506 e. The van der Waals surface area contributed by atoms with Gasteiger partial charge in [0.05, 0.1) is 54.7 Å². The lowest BCUT2D eigenvalue weighted by Gasteiger charge is -2.55. The van der Waals surface area contributed by atoms with Crippen LogP contribution in [0.4, 0.5) is 0 Å². The number of hydrogen-bond acceptors (Lipinski definition) is 20. The molecule has 5 heterocycles. The molecule has 0 saturated carbocycles. The number of carbonyl (C=O) groups is 2. The van der Waals surface area contributed by atoms with E-state index in [4.69, 9.17) is 47.4 Å². The lowest BCUT2D eigenvalue weighted by atomic mass is 9.75. The van der Waals surface area contributed by atoms with Gasteiger partial charge in [0.2, 0.25) is 11.9 Å². The second-order valence-corrected chi connectivity index (χ2v) is 16.8. The van der Waals surface area contributed by atoms with Crippen LogP contribution in [0.3, 0.4) is 0 Å². The highest BCUT2D eigenvalue weighted by molar-refractivity contribution is 6.13. The van der Waals surface area contributed by atoms with Gasteiger partial charge in [-0.2, -0.15) is 0 Å². The fourth-order valence-electron chi connectivity index (χ4n) is 10.2. The standard InChI is InChI=1S/C40H52O20/c1-14-9-18-25(29(46)27-26(30(18)51-6)20(10-19(43)28(27)45)56-23-12-36(5,48)33(47)15(2)54-23)31-24(14)32-34-39(58-31,37(49,13-41)40(59-32,60-34)35(52-7)53-8)57-22-11-21(44)38(50,16(3)42)17(4)55-22/h9,15,17,19-23,32-35,41,43-44,46-50H,10-13H2,1-8H3/t15-,17-,19-,20-,21+,22-,23-,32-,33+,34-,36+,37-,38+,39+,40-/m0/s1. The van der Waals surface area contributed by atoms with Gasteiger partial charge in [-0.15, -0.1) is 0 Å². The molecule has 60 heavy (non-hydrogen) atoms. The van der Waals surface area contributed by atoms with Crippen molar-refractivity contribution >= 4 is 22.3 Å². The third kappa shape index (κ3) is 5.58. The highest BCUT2D eigenvalue weighted by Gasteiger charge is 2.88. The fraction of sp³-hybridized carbons (Fsp3) is 0.700. The van der Waals surface area contributed by atoms with Crippen molar-refractivity contribution in [3.05, 3.63) is 28.3 Å². The molecule has 2 aromatic rings. The van der Waals surface area contributed by atoms with Crippen LogP contribution in [0.25, 0.3) is 10.8 Å². The number of aromatic hydroxyl groups is 1. The molecule has 0 amide bonds. The molecule has 0 unspecified atom stereocenters. The van der Waals surface area contributed by atoms with Crippen LogP contribution < -0.4 is 9.47 Å². The van der Waals surface area contributed by atoms with Crippen molar-refractivity contribution in [1.82, 2.24) is 0 Å². The quantitative estimate of drug-likeness (QED) is 0.140. The number of benzene rings is 2. The van der Waals surface area contributed by atoms with Crippen molar-refractivity contribution in [3.63, 3.8) is 0 Å². The summed E-state index contributed by atoms with van der Waals surface area (Å²) in [6, 6.07) is 1.63. The molecule has 4 saturated heterocycles. The second kappa shape index (κ2) is 14.4.